The molecule has 0 saturated carbocycles. The first-order chi connectivity index (χ1) is 10.2. The van der Waals surface area contributed by atoms with Crippen molar-refractivity contribution in [1.29, 1.82) is 0 Å². The van der Waals surface area contributed by atoms with Crippen molar-refractivity contribution < 1.29 is 9.18 Å². The van der Waals surface area contributed by atoms with Crippen LogP contribution in [0.5, 0.6) is 0 Å². The van der Waals surface area contributed by atoms with Crippen LogP contribution in [0, 0.1) is 17.7 Å². The molecule has 2 atom stereocenters. The van der Waals surface area contributed by atoms with Crippen molar-refractivity contribution in [1.82, 2.24) is 10.6 Å². The Balaban J connectivity index is 0.00000242. The summed E-state index contributed by atoms with van der Waals surface area (Å²) in [4.78, 5) is 11.9. The van der Waals surface area contributed by atoms with Crippen molar-refractivity contribution in [3.05, 3.63) is 35.6 Å². The molecular formula is C17H26ClFN2O. The molecule has 5 heteroatoms. The van der Waals surface area contributed by atoms with E-state index in [9.17, 15) is 9.18 Å². The first kappa shape index (κ1) is 18.9. The molecule has 2 unspecified atom stereocenters. The van der Waals surface area contributed by atoms with Crippen molar-refractivity contribution in [2.45, 2.75) is 32.6 Å². The minimum Gasteiger partial charge on any atom is -0.356 e. The second-order valence-electron chi connectivity index (χ2n) is 5.98. The fourth-order valence-corrected chi connectivity index (χ4v) is 2.93. The summed E-state index contributed by atoms with van der Waals surface area (Å²) in [6, 6.07) is 6.71. The van der Waals surface area contributed by atoms with Gasteiger partial charge in [-0.05, 0) is 55.8 Å². The number of rotatable bonds is 6. The highest BCUT2D eigenvalue weighted by Gasteiger charge is 2.21. The van der Waals surface area contributed by atoms with E-state index in [0.29, 0.717) is 36.8 Å². The number of carbonyl (C=O) groups excluding carboxylic acids is 1. The van der Waals surface area contributed by atoms with E-state index < -0.39 is 0 Å². The number of hydrogen-bond donors (Lipinski definition) is 2. The highest BCUT2D eigenvalue weighted by molar-refractivity contribution is 5.85. The molecule has 0 aromatic heterocycles. The van der Waals surface area contributed by atoms with E-state index in [0.717, 1.165) is 13.1 Å². The lowest BCUT2D eigenvalue weighted by molar-refractivity contribution is -0.122. The zero-order valence-electron chi connectivity index (χ0n) is 13.1. The van der Waals surface area contributed by atoms with E-state index in [4.69, 9.17) is 0 Å². The number of piperidine rings is 1. The Morgan fingerprint density at radius 3 is 2.91 bits per heavy atom. The minimum atomic E-state index is -0.201. The maximum Gasteiger partial charge on any atom is 0.220 e. The predicted molar refractivity (Wildman–Crippen MR) is 89.7 cm³/mol. The van der Waals surface area contributed by atoms with Crippen LogP contribution in [0.4, 0.5) is 4.39 Å². The molecule has 1 saturated heterocycles. The molecular weight excluding hydrogens is 303 g/mol. The average Bonchev–Trinajstić information content (AvgIpc) is 2.50. The highest BCUT2D eigenvalue weighted by Crippen LogP contribution is 2.22. The number of hydrogen-bond acceptors (Lipinski definition) is 2. The highest BCUT2D eigenvalue weighted by atomic mass is 35.5. The van der Waals surface area contributed by atoms with Gasteiger partial charge in [-0.2, -0.15) is 0 Å². The standard InChI is InChI=1S/C17H25FN2O.ClH/c1-13(15-6-4-9-19-12-15)11-17(21)20-10-8-14-5-2-3-7-16(14)18;/h2-3,5,7,13,15,19H,4,6,8-12H2,1H3,(H,20,21);1H. The summed E-state index contributed by atoms with van der Waals surface area (Å²) in [5.41, 5.74) is 0.655. The summed E-state index contributed by atoms with van der Waals surface area (Å²) < 4.78 is 13.4. The molecule has 3 nitrogen and oxygen atoms in total. The van der Waals surface area contributed by atoms with Gasteiger partial charge >= 0.3 is 0 Å². The van der Waals surface area contributed by atoms with E-state index in [1.807, 2.05) is 6.07 Å². The Kier molecular flexibility index (Phi) is 8.43. The van der Waals surface area contributed by atoms with Gasteiger partial charge in [-0.3, -0.25) is 4.79 Å². The molecule has 1 heterocycles. The zero-order valence-corrected chi connectivity index (χ0v) is 13.9. The average molecular weight is 329 g/mol. The SMILES string of the molecule is CC(CC(=O)NCCc1ccccc1F)C1CCCNC1.Cl. The van der Waals surface area contributed by atoms with Crippen molar-refractivity contribution in [2.75, 3.05) is 19.6 Å². The first-order valence-corrected chi connectivity index (χ1v) is 7.87. The van der Waals surface area contributed by atoms with E-state index in [-0.39, 0.29) is 24.1 Å². The van der Waals surface area contributed by atoms with Crippen LogP contribution >= 0.6 is 12.4 Å². The Morgan fingerprint density at radius 1 is 1.45 bits per heavy atom. The molecule has 1 aliphatic heterocycles. The molecule has 1 aromatic rings. The van der Waals surface area contributed by atoms with Crippen molar-refractivity contribution in [2.24, 2.45) is 11.8 Å². The van der Waals surface area contributed by atoms with Gasteiger partial charge in [0, 0.05) is 13.0 Å². The molecule has 1 amide bonds. The maximum absolute atomic E-state index is 13.4. The van der Waals surface area contributed by atoms with Crippen LogP contribution in [-0.4, -0.2) is 25.5 Å². The lowest BCUT2D eigenvalue weighted by Gasteiger charge is -2.28. The summed E-state index contributed by atoms with van der Waals surface area (Å²) >= 11 is 0. The fourth-order valence-electron chi connectivity index (χ4n) is 2.93. The second-order valence-corrected chi connectivity index (χ2v) is 5.98. The van der Waals surface area contributed by atoms with Gasteiger partial charge < -0.3 is 10.6 Å². The van der Waals surface area contributed by atoms with Gasteiger partial charge in [0.2, 0.25) is 5.91 Å². The van der Waals surface area contributed by atoms with Crippen molar-refractivity contribution in [3.8, 4) is 0 Å². The molecule has 1 fully saturated rings. The van der Waals surface area contributed by atoms with Crippen LogP contribution in [0.3, 0.4) is 0 Å². The number of carbonyl (C=O) groups is 1. The van der Waals surface area contributed by atoms with Gasteiger partial charge in [0.05, 0.1) is 0 Å². The Bertz CT molecular complexity index is 464. The molecule has 1 aromatic carbocycles. The molecule has 0 bridgehead atoms. The van der Waals surface area contributed by atoms with Crippen LogP contribution < -0.4 is 10.6 Å². The van der Waals surface area contributed by atoms with E-state index in [2.05, 4.69) is 17.6 Å². The van der Waals surface area contributed by atoms with Gasteiger partial charge in [0.15, 0.2) is 0 Å². The molecule has 2 N–H and O–H groups in total. The fraction of sp³-hybridized carbons (Fsp3) is 0.588. The van der Waals surface area contributed by atoms with Gasteiger partial charge in [-0.1, -0.05) is 25.1 Å². The largest absolute Gasteiger partial charge is 0.356 e. The topological polar surface area (TPSA) is 41.1 Å². The predicted octanol–water partition coefficient (Wildman–Crippen LogP) is 2.93. The van der Waals surface area contributed by atoms with Gasteiger partial charge in [0.25, 0.3) is 0 Å². The maximum atomic E-state index is 13.4. The van der Waals surface area contributed by atoms with Crippen LogP contribution in [0.15, 0.2) is 24.3 Å². The van der Waals surface area contributed by atoms with E-state index in [1.165, 1.54) is 18.9 Å². The monoisotopic (exact) mass is 328 g/mol. The molecule has 2 rings (SSSR count). The van der Waals surface area contributed by atoms with Crippen LogP contribution in [-0.2, 0) is 11.2 Å². The lowest BCUT2D eigenvalue weighted by Crippen LogP contribution is -2.36. The summed E-state index contributed by atoms with van der Waals surface area (Å²) in [7, 11) is 0. The Hall–Kier alpha value is -1.13. The third-order valence-electron chi connectivity index (χ3n) is 4.32. The zero-order chi connectivity index (χ0) is 15.1. The summed E-state index contributed by atoms with van der Waals surface area (Å²) in [6.45, 7) is 4.76. The van der Waals surface area contributed by atoms with Gasteiger partial charge in [-0.25, -0.2) is 4.39 Å². The number of amides is 1. The second kappa shape index (κ2) is 9.80. The third kappa shape index (κ3) is 5.93. The molecule has 0 aliphatic carbocycles. The molecule has 0 radical (unpaired) electrons. The Labute approximate surface area is 138 Å². The summed E-state index contributed by atoms with van der Waals surface area (Å²) in [6.07, 6.45) is 3.50. The number of benzene rings is 1. The molecule has 22 heavy (non-hydrogen) atoms. The van der Waals surface area contributed by atoms with Crippen LogP contribution in [0.25, 0.3) is 0 Å². The summed E-state index contributed by atoms with van der Waals surface area (Å²) in [5.74, 6) is 0.861. The van der Waals surface area contributed by atoms with Crippen molar-refractivity contribution in [3.63, 3.8) is 0 Å². The quantitative estimate of drug-likeness (QED) is 0.843. The minimum absolute atomic E-state index is 0. The summed E-state index contributed by atoms with van der Waals surface area (Å²) in [5, 5.41) is 6.29. The smallest absolute Gasteiger partial charge is 0.220 e. The van der Waals surface area contributed by atoms with Gasteiger partial charge in [0.1, 0.15) is 5.82 Å². The molecule has 1 aliphatic rings. The molecule has 0 spiro atoms. The first-order valence-electron chi connectivity index (χ1n) is 7.87. The normalized spacial score (nSPS) is 19.1. The number of nitrogens with one attached hydrogen (secondary N) is 2. The van der Waals surface area contributed by atoms with Gasteiger partial charge in [-0.15, -0.1) is 12.4 Å². The van der Waals surface area contributed by atoms with E-state index in [1.54, 1.807) is 12.1 Å². The third-order valence-corrected chi connectivity index (χ3v) is 4.32. The van der Waals surface area contributed by atoms with Crippen LogP contribution in [0.2, 0.25) is 0 Å². The van der Waals surface area contributed by atoms with Crippen LogP contribution in [0.1, 0.15) is 31.7 Å². The number of halogens is 2. The van der Waals surface area contributed by atoms with Crippen molar-refractivity contribution >= 4 is 18.3 Å². The Morgan fingerprint density at radius 2 is 2.23 bits per heavy atom. The molecule has 124 valence electrons. The lowest BCUT2D eigenvalue weighted by atomic mass is 9.85. The van der Waals surface area contributed by atoms with E-state index >= 15 is 0 Å².